The predicted octanol–water partition coefficient (Wildman–Crippen LogP) is 3.87. The molecule has 2 aliphatic rings. The second-order valence-corrected chi connectivity index (χ2v) is 7.31. The third-order valence-electron chi connectivity index (χ3n) is 4.22. The molecular formula is C20H22N2O4S. The second kappa shape index (κ2) is 10.1. The monoisotopic (exact) mass is 386 g/mol. The summed E-state index contributed by atoms with van der Waals surface area (Å²) in [6.07, 6.45) is 6.77. The van der Waals surface area contributed by atoms with Gasteiger partial charge in [-0.05, 0) is 37.1 Å². The molecule has 1 aromatic rings. The fourth-order valence-electron chi connectivity index (χ4n) is 2.86. The van der Waals surface area contributed by atoms with Gasteiger partial charge in [0, 0.05) is 22.9 Å². The average molecular weight is 386 g/mol. The molecule has 0 fully saturated rings. The number of amides is 1. The van der Waals surface area contributed by atoms with E-state index in [2.05, 4.69) is 16.2 Å². The molecule has 1 aliphatic carbocycles. The number of allylic oxidation sites excluding steroid dienone is 2. The molecule has 1 aliphatic heterocycles. The van der Waals surface area contributed by atoms with Crippen molar-refractivity contribution in [1.82, 2.24) is 0 Å². The fourth-order valence-corrected chi connectivity index (χ4v) is 3.68. The van der Waals surface area contributed by atoms with Gasteiger partial charge in [-0.2, -0.15) is 0 Å². The lowest BCUT2D eigenvalue weighted by atomic mass is 10.1. The third-order valence-corrected chi connectivity index (χ3v) is 5.25. The maximum atomic E-state index is 10.9. The Morgan fingerprint density at radius 3 is 3.00 bits per heavy atom. The highest BCUT2D eigenvalue weighted by Gasteiger charge is 2.20. The summed E-state index contributed by atoms with van der Waals surface area (Å²) in [5.74, 6) is 1.80. The first kappa shape index (κ1) is 19.4. The van der Waals surface area contributed by atoms with Crippen LogP contribution in [0, 0.1) is 4.91 Å². The third kappa shape index (κ3) is 6.06. The van der Waals surface area contributed by atoms with Gasteiger partial charge in [0.05, 0.1) is 18.4 Å². The van der Waals surface area contributed by atoms with Gasteiger partial charge in [-0.15, -0.1) is 16.7 Å². The number of ether oxygens (including phenoxy) is 2. The van der Waals surface area contributed by atoms with Gasteiger partial charge in [0.25, 0.3) is 5.91 Å². The Labute approximate surface area is 162 Å². The van der Waals surface area contributed by atoms with Gasteiger partial charge in [0.15, 0.2) is 0 Å². The van der Waals surface area contributed by atoms with Crippen LogP contribution in [0.3, 0.4) is 0 Å². The van der Waals surface area contributed by atoms with Crippen LogP contribution in [0.4, 0.5) is 0 Å². The standard InChI is InChI=1S/C20H22N2O4S/c23-19(22-24)14-27-13-15-5-4-8-18(11-15)25-10-9-17-12-26-20(21-17)16-6-2-1-3-7-16/h1-3,6-8,11,17H,4-5,9-10,12-14H2. The molecule has 3 rings (SSSR count). The molecule has 6 nitrogen and oxygen atoms in total. The quantitative estimate of drug-likeness (QED) is 0.602. The van der Waals surface area contributed by atoms with Crippen molar-refractivity contribution >= 4 is 23.6 Å². The number of thioether (sulfide) groups is 1. The summed E-state index contributed by atoms with van der Waals surface area (Å²) in [5.41, 5.74) is 2.22. The number of aliphatic imine (C=N–C) groups is 1. The summed E-state index contributed by atoms with van der Waals surface area (Å²) in [6, 6.07) is 10.0. The number of carbonyl (C=O) groups excluding carboxylic acids is 1. The van der Waals surface area contributed by atoms with E-state index < -0.39 is 5.91 Å². The van der Waals surface area contributed by atoms with E-state index in [4.69, 9.17) is 9.47 Å². The Morgan fingerprint density at radius 2 is 2.19 bits per heavy atom. The van der Waals surface area contributed by atoms with E-state index in [1.807, 2.05) is 36.4 Å². The van der Waals surface area contributed by atoms with Crippen LogP contribution in [-0.4, -0.2) is 42.6 Å². The van der Waals surface area contributed by atoms with Crippen molar-refractivity contribution in [2.75, 3.05) is 24.7 Å². The van der Waals surface area contributed by atoms with Gasteiger partial charge in [-0.1, -0.05) is 23.8 Å². The molecule has 7 heteroatoms. The number of carbonyl (C=O) groups is 1. The molecule has 0 radical (unpaired) electrons. The molecule has 1 atom stereocenters. The minimum absolute atomic E-state index is 0.116. The van der Waals surface area contributed by atoms with E-state index in [9.17, 15) is 9.70 Å². The molecule has 0 saturated heterocycles. The summed E-state index contributed by atoms with van der Waals surface area (Å²) in [6.45, 7) is 1.17. The summed E-state index contributed by atoms with van der Waals surface area (Å²) < 4.78 is 11.6. The van der Waals surface area contributed by atoms with Gasteiger partial charge < -0.3 is 9.47 Å². The van der Waals surface area contributed by atoms with Gasteiger partial charge in [-0.3, -0.25) is 4.79 Å². The van der Waals surface area contributed by atoms with Crippen molar-refractivity contribution in [1.29, 1.82) is 0 Å². The van der Waals surface area contributed by atoms with E-state index in [1.165, 1.54) is 17.3 Å². The molecule has 0 saturated carbocycles. The SMILES string of the molecule is O=NC(=O)CSCC1=CC(OCCC2COC(c3ccccc3)=N2)=CCC1. The molecule has 0 N–H and O–H groups in total. The van der Waals surface area contributed by atoms with Crippen molar-refractivity contribution in [3.63, 3.8) is 0 Å². The Kier molecular flexibility index (Phi) is 7.21. The zero-order valence-corrected chi connectivity index (χ0v) is 15.8. The first-order chi connectivity index (χ1) is 13.2. The van der Waals surface area contributed by atoms with E-state index in [1.54, 1.807) is 0 Å². The summed E-state index contributed by atoms with van der Waals surface area (Å²) >= 11 is 1.41. The lowest BCUT2D eigenvalue weighted by Crippen LogP contribution is -2.10. The maximum absolute atomic E-state index is 10.9. The number of nitrogens with zero attached hydrogens (tertiary/aromatic N) is 2. The van der Waals surface area contributed by atoms with Crippen LogP contribution < -0.4 is 0 Å². The smallest absolute Gasteiger partial charge is 0.296 e. The number of rotatable bonds is 9. The molecule has 0 spiro atoms. The molecule has 27 heavy (non-hydrogen) atoms. The van der Waals surface area contributed by atoms with Crippen molar-refractivity contribution in [2.45, 2.75) is 25.3 Å². The molecule has 1 heterocycles. The minimum Gasteiger partial charge on any atom is -0.494 e. The number of hydrogen-bond donors (Lipinski definition) is 0. The van der Waals surface area contributed by atoms with Crippen molar-refractivity contribution in [2.24, 2.45) is 10.2 Å². The van der Waals surface area contributed by atoms with Crippen LogP contribution in [0.2, 0.25) is 0 Å². The van der Waals surface area contributed by atoms with Crippen molar-refractivity contribution < 1.29 is 14.3 Å². The first-order valence-electron chi connectivity index (χ1n) is 8.97. The summed E-state index contributed by atoms with van der Waals surface area (Å²) in [7, 11) is 0. The molecule has 1 unspecified atom stereocenters. The average Bonchev–Trinajstić information content (AvgIpc) is 3.18. The number of hydrogen-bond acceptors (Lipinski definition) is 6. The highest BCUT2D eigenvalue weighted by molar-refractivity contribution is 8.00. The van der Waals surface area contributed by atoms with E-state index in [0.717, 1.165) is 30.6 Å². The Balaban J connectivity index is 1.41. The lowest BCUT2D eigenvalue weighted by molar-refractivity contribution is -0.115. The Hall–Kier alpha value is -2.41. The predicted molar refractivity (Wildman–Crippen MR) is 107 cm³/mol. The van der Waals surface area contributed by atoms with Crippen LogP contribution in [0.5, 0.6) is 0 Å². The largest absolute Gasteiger partial charge is 0.494 e. The maximum Gasteiger partial charge on any atom is 0.296 e. The van der Waals surface area contributed by atoms with Crippen molar-refractivity contribution in [3.8, 4) is 0 Å². The summed E-state index contributed by atoms with van der Waals surface area (Å²) in [5, 5.41) is 2.40. The van der Waals surface area contributed by atoms with Crippen LogP contribution in [-0.2, 0) is 14.3 Å². The topological polar surface area (TPSA) is 77.3 Å². The molecule has 1 aromatic carbocycles. The first-order valence-corrected chi connectivity index (χ1v) is 10.1. The van der Waals surface area contributed by atoms with Gasteiger partial charge in [0.2, 0.25) is 5.90 Å². The van der Waals surface area contributed by atoms with E-state index in [-0.39, 0.29) is 11.8 Å². The van der Waals surface area contributed by atoms with E-state index in [0.29, 0.717) is 24.9 Å². The van der Waals surface area contributed by atoms with Gasteiger partial charge in [-0.25, -0.2) is 4.99 Å². The van der Waals surface area contributed by atoms with Crippen LogP contribution in [0.1, 0.15) is 24.8 Å². The Bertz CT molecular complexity index is 759. The van der Waals surface area contributed by atoms with Crippen LogP contribution >= 0.6 is 11.8 Å². The fraction of sp³-hybridized carbons (Fsp3) is 0.400. The zero-order chi connectivity index (χ0) is 18.9. The van der Waals surface area contributed by atoms with Crippen molar-refractivity contribution in [3.05, 3.63) is 64.3 Å². The molecule has 0 aromatic heterocycles. The van der Waals surface area contributed by atoms with Gasteiger partial charge >= 0.3 is 0 Å². The van der Waals surface area contributed by atoms with Gasteiger partial charge in [0.1, 0.15) is 12.4 Å². The zero-order valence-electron chi connectivity index (χ0n) is 15.0. The normalized spacial score (nSPS) is 18.8. The molecular weight excluding hydrogens is 364 g/mol. The highest BCUT2D eigenvalue weighted by atomic mass is 32.2. The number of benzene rings is 1. The lowest BCUT2D eigenvalue weighted by Gasteiger charge is -2.15. The van der Waals surface area contributed by atoms with Crippen LogP contribution in [0.15, 0.2) is 64.0 Å². The minimum atomic E-state index is -0.613. The second-order valence-electron chi connectivity index (χ2n) is 6.33. The Morgan fingerprint density at radius 1 is 1.33 bits per heavy atom. The molecule has 0 bridgehead atoms. The van der Waals surface area contributed by atoms with Crippen LogP contribution in [0.25, 0.3) is 0 Å². The highest BCUT2D eigenvalue weighted by Crippen LogP contribution is 2.22. The molecule has 142 valence electrons. The summed E-state index contributed by atoms with van der Waals surface area (Å²) in [4.78, 5) is 25.6. The molecule has 1 amide bonds. The number of nitroso groups, excluding NO2 is 1. The van der Waals surface area contributed by atoms with E-state index >= 15 is 0 Å².